The van der Waals surface area contributed by atoms with E-state index in [-0.39, 0.29) is 36.7 Å². The van der Waals surface area contributed by atoms with Crippen LogP contribution in [0.15, 0.2) is 97.1 Å². The van der Waals surface area contributed by atoms with Gasteiger partial charge in [-0.15, -0.1) is 0 Å². The molecule has 3 atom stereocenters. The van der Waals surface area contributed by atoms with Crippen molar-refractivity contribution in [2.24, 2.45) is 0 Å². The fourth-order valence-corrected chi connectivity index (χ4v) is 7.01. The van der Waals surface area contributed by atoms with Gasteiger partial charge in [0.25, 0.3) is 5.91 Å². The normalized spacial score (nSPS) is 15.4. The molecular formula is C41H49N5O5. The van der Waals surface area contributed by atoms with Crippen molar-refractivity contribution < 1.29 is 24.3 Å². The summed E-state index contributed by atoms with van der Waals surface area (Å²) in [5.74, 6) is -0.801. The highest BCUT2D eigenvalue weighted by Gasteiger charge is 2.39. The smallest absolute Gasteiger partial charge is 0.407 e. The Balaban J connectivity index is 1.50. The summed E-state index contributed by atoms with van der Waals surface area (Å²) in [4.78, 5) is 63.2. The third-order valence-electron chi connectivity index (χ3n) is 9.84. The lowest BCUT2D eigenvalue weighted by Gasteiger charge is -2.37. The van der Waals surface area contributed by atoms with Gasteiger partial charge in [0.2, 0.25) is 11.8 Å². The van der Waals surface area contributed by atoms with Gasteiger partial charge >= 0.3 is 6.09 Å². The number of carbonyl (C=O) groups excluding carboxylic acids is 3. The first kappa shape index (κ1) is 37.0. The van der Waals surface area contributed by atoms with Crippen molar-refractivity contribution in [2.45, 2.75) is 50.4 Å². The van der Waals surface area contributed by atoms with Crippen LogP contribution in [-0.4, -0.2) is 120 Å². The fraction of sp³-hybridized carbons (Fsp3) is 0.366. The van der Waals surface area contributed by atoms with Crippen LogP contribution in [-0.2, 0) is 29.0 Å². The van der Waals surface area contributed by atoms with E-state index in [9.17, 15) is 24.3 Å². The molecule has 1 aliphatic rings. The molecule has 4 aromatic rings. The minimum atomic E-state index is -1.07. The van der Waals surface area contributed by atoms with Crippen LogP contribution >= 0.6 is 0 Å². The Kier molecular flexibility index (Phi) is 12.1. The molecule has 10 nitrogen and oxygen atoms in total. The van der Waals surface area contributed by atoms with Gasteiger partial charge in [0.05, 0.1) is 0 Å². The summed E-state index contributed by atoms with van der Waals surface area (Å²) < 4.78 is 0. The lowest BCUT2D eigenvalue weighted by Crippen LogP contribution is -2.57. The van der Waals surface area contributed by atoms with E-state index >= 15 is 0 Å². The Morgan fingerprint density at radius 1 is 0.725 bits per heavy atom. The SMILES string of the molecule is CN(C)CC1CCCN1C(=O)C(Cc1ccccc1)N(C)C(=O)C(Cc1ccc2ccccc2c1)N(C)C(=O)c1cccc(CN(C)C(=O)O)c1. The zero-order valence-electron chi connectivity index (χ0n) is 30.2. The molecule has 5 rings (SSSR count). The summed E-state index contributed by atoms with van der Waals surface area (Å²) in [5.41, 5.74) is 2.82. The van der Waals surface area contributed by atoms with E-state index in [4.69, 9.17) is 0 Å². The van der Waals surface area contributed by atoms with Gasteiger partial charge in [0.1, 0.15) is 12.1 Å². The van der Waals surface area contributed by atoms with E-state index in [1.165, 1.54) is 11.9 Å². The van der Waals surface area contributed by atoms with Crippen LogP contribution in [0.2, 0.25) is 0 Å². The first-order chi connectivity index (χ1) is 24.4. The minimum Gasteiger partial charge on any atom is -0.465 e. The summed E-state index contributed by atoms with van der Waals surface area (Å²) in [5, 5.41) is 11.5. The van der Waals surface area contributed by atoms with Gasteiger partial charge in [0, 0.05) is 65.2 Å². The van der Waals surface area contributed by atoms with Crippen molar-refractivity contribution in [2.75, 3.05) is 48.3 Å². The van der Waals surface area contributed by atoms with Gasteiger partial charge in [-0.2, -0.15) is 0 Å². The number of fused-ring (bicyclic) bond motifs is 1. The number of rotatable bonds is 13. The molecule has 0 spiro atoms. The Labute approximate surface area is 300 Å². The molecule has 51 heavy (non-hydrogen) atoms. The summed E-state index contributed by atoms with van der Waals surface area (Å²) in [7, 11) is 8.77. The quantitative estimate of drug-likeness (QED) is 0.205. The zero-order valence-corrected chi connectivity index (χ0v) is 30.2. The number of benzene rings is 4. The molecule has 0 saturated carbocycles. The highest BCUT2D eigenvalue weighted by Crippen LogP contribution is 2.24. The molecule has 1 saturated heterocycles. The molecule has 0 radical (unpaired) electrons. The second-order valence-electron chi connectivity index (χ2n) is 13.9. The minimum absolute atomic E-state index is 0.0550. The van der Waals surface area contributed by atoms with E-state index in [0.29, 0.717) is 24.1 Å². The van der Waals surface area contributed by atoms with Crippen LogP contribution in [0.5, 0.6) is 0 Å². The first-order valence-corrected chi connectivity index (χ1v) is 17.5. The predicted octanol–water partition coefficient (Wildman–Crippen LogP) is 5.26. The van der Waals surface area contributed by atoms with Crippen molar-refractivity contribution in [3.05, 3.63) is 119 Å². The number of carbonyl (C=O) groups is 4. The summed E-state index contributed by atoms with van der Waals surface area (Å²) in [6, 6.07) is 28.9. The van der Waals surface area contributed by atoms with Crippen molar-refractivity contribution >= 4 is 34.6 Å². The van der Waals surface area contributed by atoms with Gasteiger partial charge < -0.3 is 29.6 Å². The molecule has 1 heterocycles. The molecule has 1 N–H and O–H groups in total. The number of hydrogen-bond acceptors (Lipinski definition) is 5. The van der Waals surface area contributed by atoms with E-state index in [0.717, 1.165) is 46.2 Å². The van der Waals surface area contributed by atoms with Crippen LogP contribution in [0.25, 0.3) is 10.8 Å². The van der Waals surface area contributed by atoms with Gasteiger partial charge in [-0.1, -0.05) is 84.9 Å². The lowest BCUT2D eigenvalue weighted by atomic mass is 9.97. The second kappa shape index (κ2) is 16.7. The lowest BCUT2D eigenvalue weighted by molar-refractivity contribution is -0.147. The maximum atomic E-state index is 14.9. The molecule has 0 aliphatic carbocycles. The highest BCUT2D eigenvalue weighted by atomic mass is 16.4. The third kappa shape index (κ3) is 9.12. The van der Waals surface area contributed by atoms with Gasteiger partial charge in [-0.3, -0.25) is 14.4 Å². The van der Waals surface area contributed by atoms with Crippen molar-refractivity contribution in [1.82, 2.24) is 24.5 Å². The molecule has 0 aromatic heterocycles. The molecule has 0 bridgehead atoms. The van der Waals surface area contributed by atoms with Gasteiger partial charge in [-0.25, -0.2) is 4.79 Å². The first-order valence-electron chi connectivity index (χ1n) is 17.5. The third-order valence-corrected chi connectivity index (χ3v) is 9.84. The van der Waals surface area contributed by atoms with Crippen LogP contribution in [0.3, 0.4) is 0 Å². The van der Waals surface area contributed by atoms with Crippen molar-refractivity contribution in [3.63, 3.8) is 0 Å². The van der Waals surface area contributed by atoms with E-state index < -0.39 is 18.2 Å². The molecule has 4 aromatic carbocycles. The van der Waals surface area contributed by atoms with Crippen molar-refractivity contribution in [1.29, 1.82) is 0 Å². The summed E-state index contributed by atoms with van der Waals surface area (Å²) >= 11 is 0. The molecular weight excluding hydrogens is 642 g/mol. The second-order valence-corrected chi connectivity index (χ2v) is 13.9. The van der Waals surface area contributed by atoms with Crippen LogP contribution in [0.4, 0.5) is 4.79 Å². The molecule has 1 fully saturated rings. The Bertz CT molecular complexity index is 1850. The van der Waals surface area contributed by atoms with E-state index in [1.807, 2.05) is 91.8 Å². The van der Waals surface area contributed by atoms with E-state index in [2.05, 4.69) is 4.90 Å². The summed E-state index contributed by atoms with van der Waals surface area (Å²) in [6.45, 7) is 1.48. The maximum Gasteiger partial charge on any atom is 0.407 e. The standard InChI is InChI=1S/C41H49N5O5/c1-42(2)28-35-19-12-22-46(35)40(49)37(25-29-13-7-6-8-14-29)45(5)39(48)36(26-30-20-21-32-16-9-10-17-33(32)23-30)44(4)38(47)34-18-11-15-31(24-34)27-43(3)41(50)51/h6-11,13-18,20-21,23-24,35-37H,12,19,22,25-28H2,1-5H3,(H,50,51). The van der Waals surface area contributed by atoms with Crippen LogP contribution in [0.1, 0.15) is 39.9 Å². The number of likely N-dealkylation sites (N-methyl/N-ethyl adjacent to an activating group) is 3. The predicted molar refractivity (Wildman–Crippen MR) is 199 cm³/mol. The number of hydrogen-bond donors (Lipinski definition) is 1. The number of likely N-dealkylation sites (tertiary alicyclic amines) is 1. The molecule has 268 valence electrons. The fourth-order valence-electron chi connectivity index (χ4n) is 7.01. The topological polar surface area (TPSA) is 105 Å². The molecule has 10 heteroatoms. The Morgan fingerprint density at radius 2 is 1.39 bits per heavy atom. The van der Waals surface area contributed by atoms with Crippen LogP contribution < -0.4 is 0 Å². The monoisotopic (exact) mass is 691 g/mol. The highest BCUT2D eigenvalue weighted by molar-refractivity contribution is 5.98. The zero-order chi connectivity index (χ0) is 36.7. The Hall–Kier alpha value is -5.22. The Morgan fingerprint density at radius 3 is 2.10 bits per heavy atom. The van der Waals surface area contributed by atoms with Crippen molar-refractivity contribution in [3.8, 4) is 0 Å². The van der Waals surface area contributed by atoms with Gasteiger partial charge in [0.15, 0.2) is 0 Å². The maximum absolute atomic E-state index is 14.9. The largest absolute Gasteiger partial charge is 0.465 e. The molecule has 1 aliphatic heterocycles. The van der Waals surface area contributed by atoms with Gasteiger partial charge in [-0.05, 0) is 66.5 Å². The van der Waals surface area contributed by atoms with E-state index in [1.54, 1.807) is 43.3 Å². The average Bonchev–Trinajstić information content (AvgIpc) is 3.59. The number of carboxylic acid groups (broad SMARTS) is 1. The number of nitrogens with zero attached hydrogens (tertiary/aromatic N) is 5. The number of amides is 4. The van der Waals surface area contributed by atoms with Crippen LogP contribution in [0, 0.1) is 0 Å². The average molecular weight is 692 g/mol. The molecule has 4 amide bonds. The molecule has 3 unspecified atom stereocenters. The summed E-state index contributed by atoms with van der Waals surface area (Å²) in [6.07, 6.45) is 1.31.